The number of rotatable bonds is 2. The molecule has 1 aliphatic rings. The molecule has 140 valence electrons. The molecule has 2 N–H and O–H groups in total. The minimum Gasteiger partial charge on any atom is -0.324 e. The summed E-state index contributed by atoms with van der Waals surface area (Å²) in [4.78, 5) is 28.1. The van der Waals surface area contributed by atoms with Crippen LogP contribution in [0.4, 0.5) is 10.5 Å². The van der Waals surface area contributed by atoms with Crippen LogP contribution in [0.25, 0.3) is 11.0 Å². The Morgan fingerprint density at radius 1 is 1.15 bits per heavy atom. The van der Waals surface area contributed by atoms with Crippen molar-refractivity contribution < 1.29 is 4.79 Å². The van der Waals surface area contributed by atoms with Gasteiger partial charge in [0.05, 0.1) is 22.4 Å². The number of H-pyrrole nitrogens is 1. The minimum absolute atomic E-state index is 0.108. The van der Waals surface area contributed by atoms with E-state index in [1.54, 1.807) is 0 Å². The number of aromatic nitrogens is 5. The highest BCUT2D eigenvalue weighted by atomic mass is 16.2. The lowest BCUT2D eigenvalue weighted by Gasteiger charge is -2.31. The number of nitrogens with one attached hydrogen (secondary N) is 2. The van der Waals surface area contributed by atoms with Crippen LogP contribution in [0.3, 0.4) is 0 Å². The van der Waals surface area contributed by atoms with Crippen LogP contribution in [0.15, 0.2) is 18.2 Å². The van der Waals surface area contributed by atoms with Gasteiger partial charge in [-0.25, -0.2) is 19.7 Å². The Balaban J connectivity index is 1.48. The first-order valence-corrected chi connectivity index (χ1v) is 9.19. The molecule has 2 amide bonds. The van der Waals surface area contributed by atoms with E-state index in [2.05, 4.69) is 30.5 Å². The zero-order valence-electron chi connectivity index (χ0n) is 15.8. The summed E-state index contributed by atoms with van der Waals surface area (Å²) >= 11 is 0. The number of amides is 2. The van der Waals surface area contributed by atoms with Crippen molar-refractivity contribution in [2.24, 2.45) is 0 Å². The summed E-state index contributed by atoms with van der Waals surface area (Å²) < 4.78 is 0. The summed E-state index contributed by atoms with van der Waals surface area (Å²) in [5.41, 5.74) is 4.14. The van der Waals surface area contributed by atoms with E-state index < -0.39 is 0 Å². The molecule has 4 rings (SSSR count). The van der Waals surface area contributed by atoms with E-state index in [9.17, 15) is 4.79 Å². The Morgan fingerprint density at radius 2 is 1.93 bits per heavy atom. The first kappa shape index (κ1) is 17.4. The number of likely N-dealkylation sites (tertiary alicyclic amines) is 1. The van der Waals surface area contributed by atoms with Gasteiger partial charge in [-0.2, -0.15) is 5.10 Å². The molecule has 8 nitrogen and oxygen atoms in total. The molecule has 1 aliphatic heterocycles. The second-order valence-corrected chi connectivity index (χ2v) is 7.09. The van der Waals surface area contributed by atoms with E-state index in [0.29, 0.717) is 6.54 Å². The van der Waals surface area contributed by atoms with E-state index in [-0.39, 0.29) is 11.9 Å². The van der Waals surface area contributed by atoms with E-state index in [0.717, 1.165) is 59.1 Å². The summed E-state index contributed by atoms with van der Waals surface area (Å²) in [5, 5.41) is 10.1. The average Bonchev–Trinajstić information content (AvgIpc) is 3.09. The van der Waals surface area contributed by atoms with Gasteiger partial charge >= 0.3 is 6.03 Å². The molecule has 8 heteroatoms. The number of aromatic amines is 1. The molecule has 1 saturated heterocycles. The van der Waals surface area contributed by atoms with Crippen LogP contribution >= 0.6 is 0 Å². The first-order valence-electron chi connectivity index (χ1n) is 9.19. The van der Waals surface area contributed by atoms with Gasteiger partial charge in [0.2, 0.25) is 0 Å². The van der Waals surface area contributed by atoms with Gasteiger partial charge in [0.1, 0.15) is 5.82 Å². The van der Waals surface area contributed by atoms with Gasteiger partial charge in [-0.05, 0) is 51.8 Å². The maximum Gasteiger partial charge on any atom is 0.321 e. The quantitative estimate of drug-likeness (QED) is 0.727. The van der Waals surface area contributed by atoms with Gasteiger partial charge in [0, 0.05) is 24.7 Å². The van der Waals surface area contributed by atoms with Crippen LogP contribution in [-0.4, -0.2) is 49.2 Å². The van der Waals surface area contributed by atoms with Crippen molar-refractivity contribution in [3.63, 3.8) is 0 Å². The molecule has 1 fully saturated rings. The fourth-order valence-electron chi connectivity index (χ4n) is 3.43. The summed E-state index contributed by atoms with van der Waals surface area (Å²) in [5.74, 6) is 1.76. The van der Waals surface area contributed by atoms with Gasteiger partial charge < -0.3 is 10.2 Å². The number of hydrogen-bond donors (Lipinski definition) is 2. The Morgan fingerprint density at radius 3 is 2.67 bits per heavy atom. The highest BCUT2D eigenvalue weighted by Gasteiger charge is 2.27. The summed E-state index contributed by atoms with van der Waals surface area (Å²) in [6.07, 6.45) is 1.93. The highest BCUT2D eigenvalue weighted by molar-refractivity contribution is 5.92. The molecule has 27 heavy (non-hydrogen) atoms. The van der Waals surface area contributed by atoms with E-state index in [4.69, 9.17) is 0 Å². The lowest BCUT2D eigenvalue weighted by atomic mass is 9.98. The smallest absolute Gasteiger partial charge is 0.321 e. The number of carbonyl (C=O) groups is 1. The molecule has 0 spiro atoms. The van der Waals surface area contributed by atoms with Crippen LogP contribution < -0.4 is 5.32 Å². The van der Waals surface area contributed by atoms with Crippen molar-refractivity contribution in [1.82, 2.24) is 30.0 Å². The van der Waals surface area contributed by atoms with Gasteiger partial charge in [-0.1, -0.05) is 0 Å². The molecule has 3 aromatic rings. The number of piperidine rings is 1. The Labute approximate surface area is 157 Å². The van der Waals surface area contributed by atoms with Crippen molar-refractivity contribution >= 4 is 22.8 Å². The molecular formula is C19H23N7O. The molecule has 0 saturated carbocycles. The molecule has 1 aromatic carbocycles. The number of fused-ring (bicyclic) bond motifs is 1. The van der Waals surface area contributed by atoms with Crippen molar-refractivity contribution in [1.29, 1.82) is 0 Å². The Bertz CT molecular complexity index is 997. The topological polar surface area (TPSA) is 99.7 Å². The molecule has 0 radical (unpaired) electrons. The maximum absolute atomic E-state index is 12.7. The molecule has 0 unspecified atom stereocenters. The predicted molar refractivity (Wildman–Crippen MR) is 103 cm³/mol. The van der Waals surface area contributed by atoms with Crippen LogP contribution in [0.2, 0.25) is 0 Å². The van der Waals surface area contributed by atoms with E-state index in [1.165, 1.54) is 0 Å². The Hall–Kier alpha value is -3.03. The molecule has 1 atom stereocenters. The first-order chi connectivity index (χ1) is 13.0. The summed E-state index contributed by atoms with van der Waals surface area (Å²) in [7, 11) is 0. The summed E-state index contributed by atoms with van der Waals surface area (Å²) in [6.45, 7) is 7.12. The van der Waals surface area contributed by atoms with Gasteiger partial charge in [-0.15, -0.1) is 0 Å². The lowest BCUT2D eigenvalue weighted by molar-refractivity contribution is 0.191. The van der Waals surface area contributed by atoms with Crippen LogP contribution in [0.1, 0.15) is 41.8 Å². The normalized spacial score (nSPS) is 17.3. The van der Waals surface area contributed by atoms with Gasteiger partial charge in [-0.3, -0.25) is 5.10 Å². The average molecular weight is 365 g/mol. The molecule has 0 aliphatic carbocycles. The number of urea groups is 1. The number of anilines is 1. The number of aryl methyl sites for hydroxylation is 3. The third-order valence-electron chi connectivity index (χ3n) is 5.01. The number of benzene rings is 1. The third kappa shape index (κ3) is 3.60. The number of hydrogen-bond acceptors (Lipinski definition) is 5. The van der Waals surface area contributed by atoms with Crippen molar-refractivity contribution in [2.45, 2.75) is 39.5 Å². The Kier molecular flexibility index (Phi) is 4.47. The zero-order valence-corrected chi connectivity index (χ0v) is 15.8. The molecule has 2 aromatic heterocycles. The molecule has 0 bridgehead atoms. The number of nitrogens with zero attached hydrogens (tertiary/aromatic N) is 5. The zero-order chi connectivity index (χ0) is 19.0. The monoisotopic (exact) mass is 365 g/mol. The third-order valence-corrected chi connectivity index (χ3v) is 5.01. The largest absolute Gasteiger partial charge is 0.324 e. The fraction of sp³-hybridized carbons (Fsp3) is 0.421. The second kappa shape index (κ2) is 6.94. The van der Waals surface area contributed by atoms with Gasteiger partial charge in [0.25, 0.3) is 0 Å². The van der Waals surface area contributed by atoms with Crippen molar-refractivity contribution in [3.8, 4) is 0 Å². The molecule has 3 heterocycles. The molecular weight excluding hydrogens is 342 g/mol. The van der Waals surface area contributed by atoms with E-state index >= 15 is 0 Å². The second-order valence-electron chi connectivity index (χ2n) is 7.09. The SMILES string of the molecule is Cc1nc([C@@H]2CCCN(C(=O)Nc3ccc4nc(C)c(C)nc4c3)C2)n[nH]1. The number of carbonyl (C=O) groups excluding carboxylic acids is 1. The van der Waals surface area contributed by atoms with Crippen LogP contribution in [-0.2, 0) is 0 Å². The summed E-state index contributed by atoms with van der Waals surface area (Å²) in [6, 6.07) is 5.51. The van der Waals surface area contributed by atoms with Gasteiger partial charge in [0.15, 0.2) is 5.82 Å². The lowest BCUT2D eigenvalue weighted by Crippen LogP contribution is -2.41. The van der Waals surface area contributed by atoms with Crippen LogP contribution in [0.5, 0.6) is 0 Å². The maximum atomic E-state index is 12.7. The predicted octanol–water partition coefficient (Wildman–Crippen LogP) is 3.08. The standard InChI is InChI=1S/C19H23N7O/c1-11-12(2)21-17-9-15(6-7-16(17)20-11)23-19(27)26-8-4-5-14(10-26)18-22-13(3)24-25-18/h6-7,9,14H,4-5,8,10H2,1-3H3,(H,23,27)(H,22,24,25)/t14-/m1/s1. The fourth-order valence-corrected chi connectivity index (χ4v) is 3.43. The van der Waals surface area contributed by atoms with Crippen molar-refractivity contribution in [3.05, 3.63) is 41.2 Å². The van der Waals surface area contributed by atoms with Crippen LogP contribution in [0, 0.1) is 20.8 Å². The highest BCUT2D eigenvalue weighted by Crippen LogP contribution is 2.25. The van der Waals surface area contributed by atoms with Crippen molar-refractivity contribution in [2.75, 3.05) is 18.4 Å². The minimum atomic E-state index is -0.108. The van der Waals surface area contributed by atoms with E-state index in [1.807, 2.05) is 43.9 Å².